The van der Waals surface area contributed by atoms with E-state index in [9.17, 15) is 0 Å². The maximum Gasteiger partial charge on any atom is 0.0674 e. The van der Waals surface area contributed by atoms with Gasteiger partial charge in [0, 0.05) is 61.3 Å². The number of hydrogen-bond acceptors (Lipinski definition) is 4. The SMILES string of the molecule is S=P(C1=C(N2CCCCC2)C(=Cc2ccccc2)CC1)(C1=C(N2CCCCC2)C(=Cc2ccccc2)CC1)N1CCOCC1. The van der Waals surface area contributed by atoms with Gasteiger partial charge in [-0.2, -0.15) is 0 Å². The molecule has 0 bridgehead atoms. The number of allylic oxidation sites excluding steroid dienone is 4. The second kappa shape index (κ2) is 13.9. The first kappa shape index (κ1) is 30.2. The molecule has 0 spiro atoms. The fourth-order valence-electron chi connectivity index (χ4n) is 8.07. The predicted octanol–water partition coefficient (Wildman–Crippen LogP) is 8.86. The van der Waals surface area contributed by atoms with Gasteiger partial charge in [-0.25, -0.2) is 0 Å². The van der Waals surface area contributed by atoms with Gasteiger partial charge in [-0.1, -0.05) is 72.5 Å². The van der Waals surface area contributed by atoms with E-state index < -0.39 is 6.19 Å². The van der Waals surface area contributed by atoms with Crippen molar-refractivity contribution in [1.29, 1.82) is 0 Å². The van der Waals surface area contributed by atoms with E-state index in [4.69, 9.17) is 16.5 Å². The molecule has 0 N–H and O–H groups in total. The largest absolute Gasteiger partial charge is 0.379 e. The Balaban J connectivity index is 1.43. The van der Waals surface area contributed by atoms with Crippen molar-refractivity contribution >= 4 is 30.1 Å². The molecule has 2 aromatic rings. The summed E-state index contributed by atoms with van der Waals surface area (Å²) < 4.78 is 8.71. The molecule has 0 atom stereocenters. The first-order chi connectivity index (χ1) is 21.7. The van der Waals surface area contributed by atoms with E-state index in [1.807, 2.05) is 0 Å². The quantitative estimate of drug-likeness (QED) is 0.286. The third-order valence-corrected chi connectivity index (χ3v) is 15.7. The van der Waals surface area contributed by atoms with Gasteiger partial charge in [0.25, 0.3) is 0 Å². The molecule has 44 heavy (non-hydrogen) atoms. The van der Waals surface area contributed by atoms with Crippen molar-refractivity contribution in [3.8, 4) is 0 Å². The zero-order valence-electron chi connectivity index (χ0n) is 26.3. The topological polar surface area (TPSA) is 19.0 Å². The first-order valence-corrected chi connectivity index (χ1v) is 19.9. The molecule has 0 unspecified atom stereocenters. The highest BCUT2D eigenvalue weighted by Gasteiger charge is 2.44. The molecule has 0 saturated carbocycles. The second-order valence-electron chi connectivity index (χ2n) is 13.0. The van der Waals surface area contributed by atoms with E-state index in [-0.39, 0.29) is 0 Å². The molecule has 5 aliphatic rings. The van der Waals surface area contributed by atoms with Crippen LogP contribution < -0.4 is 0 Å². The van der Waals surface area contributed by atoms with E-state index in [1.165, 1.54) is 72.2 Å². The zero-order valence-corrected chi connectivity index (χ0v) is 28.0. The number of likely N-dealkylation sites (tertiary alicyclic amines) is 2. The minimum atomic E-state index is -2.24. The average Bonchev–Trinajstić information content (AvgIpc) is 3.71. The lowest BCUT2D eigenvalue weighted by molar-refractivity contribution is 0.0750. The van der Waals surface area contributed by atoms with Gasteiger partial charge in [0.15, 0.2) is 0 Å². The lowest BCUT2D eigenvalue weighted by Gasteiger charge is -2.43. The van der Waals surface area contributed by atoms with Gasteiger partial charge >= 0.3 is 0 Å². The van der Waals surface area contributed by atoms with Crippen LogP contribution in [0.4, 0.5) is 0 Å². The molecular formula is C38H48N3OPS. The van der Waals surface area contributed by atoms with Crippen molar-refractivity contribution in [3.05, 3.63) is 105 Å². The number of nitrogens with zero attached hydrogens (tertiary/aromatic N) is 3. The van der Waals surface area contributed by atoms with Crippen molar-refractivity contribution in [2.24, 2.45) is 0 Å². The van der Waals surface area contributed by atoms with Crippen LogP contribution in [0.25, 0.3) is 12.2 Å². The standard InChI is InChI=1S/C38H48N3OPS/c44-43(41-25-27-42-28-26-41,35-19-17-33(29-31-13-5-1-6-14-31)37(35)39-21-9-3-10-22-39)36-20-18-34(30-32-15-7-2-8-16-32)38(36)40-23-11-4-12-24-40/h1-2,5-8,13-16,29-30H,3-4,9-12,17-28H2. The van der Waals surface area contributed by atoms with Crippen molar-refractivity contribution in [2.45, 2.75) is 64.2 Å². The molecule has 0 radical (unpaired) electrons. The predicted molar refractivity (Wildman–Crippen MR) is 189 cm³/mol. The number of hydrogen-bond donors (Lipinski definition) is 0. The molecule has 2 aliphatic carbocycles. The Kier molecular flexibility index (Phi) is 9.56. The maximum atomic E-state index is 7.33. The van der Waals surface area contributed by atoms with Gasteiger partial charge in [-0.15, -0.1) is 0 Å². The number of morpholine rings is 1. The lowest BCUT2D eigenvalue weighted by atomic mass is 10.1. The van der Waals surface area contributed by atoms with Crippen LogP contribution in [0, 0.1) is 0 Å². The number of piperidine rings is 2. The van der Waals surface area contributed by atoms with Gasteiger partial charge in [0.2, 0.25) is 0 Å². The highest BCUT2D eigenvalue weighted by molar-refractivity contribution is 8.17. The molecule has 0 aromatic heterocycles. The Morgan fingerprint density at radius 3 is 1.41 bits per heavy atom. The molecule has 4 nitrogen and oxygen atoms in total. The second-order valence-corrected chi connectivity index (χ2v) is 17.4. The molecule has 3 aliphatic heterocycles. The molecule has 6 heteroatoms. The first-order valence-electron chi connectivity index (χ1n) is 17.1. The molecular weight excluding hydrogens is 577 g/mol. The summed E-state index contributed by atoms with van der Waals surface area (Å²) >= 11 is 7.33. The summed E-state index contributed by atoms with van der Waals surface area (Å²) in [7, 11) is 0. The highest BCUT2D eigenvalue weighted by atomic mass is 32.4. The van der Waals surface area contributed by atoms with E-state index in [2.05, 4.69) is 87.3 Å². The van der Waals surface area contributed by atoms with Crippen LogP contribution in [0.1, 0.15) is 75.3 Å². The highest BCUT2D eigenvalue weighted by Crippen LogP contribution is 2.72. The molecule has 0 amide bonds. The number of benzene rings is 2. The summed E-state index contributed by atoms with van der Waals surface area (Å²) in [5.74, 6) is 0. The van der Waals surface area contributed by atoms with Crippen molar-refractivity contribution in [2.75, 3.05) is 52.5 Å². The number of rotatable bonds is 7. The summed E-state index contributed by atoms with van der Waals surface area (Å²) in [6, 6.07) is 21.9. The van der Waals surface area contributed by atoms with Gasteiger partial charge in [0.1, 0.15) is 0 Å². The van der Waals surface area contributed by atoms with Crippen LogP contribution in [0.5, 0.6) is 0 Å². The van der Waals surface area contributed by atoms with E-state index in [0.717, 1.165) is 78.2 Å². The fourth-order valence-corrected chi connectivity index (χ4v) is 13.3. The molecule has 232 valence electrons. The summed E-state index contributed by atoms with van der Waals surface area (Å²) in [4.78, 5) is 5.50. The number of ether oxygens (including phenoxy) is 1. The molecule has 3 heterocycles. The van der Waals surface area contributed by atoms with Crippen LogP contribution in [0.2, 0.25) is 0 Å². The van der Waals surface area contributed by atoms with Gasteiger partial charge in [0.05, 0.1) is 19.4 Å². The van der Waals surface area contributed by atoms with Gasteiger partial charge in [-0.3, -0.25) is 4.67 Å². The van der Waals surface area contributed by atoms with Crippen LogP contribution in [0.15, 0.2) is 93.8 Å². The van der Waals surface area contributed by atoms with E-state index >= 15 is 0 Å². The monoisotopic (exact) mass is 625 g/mol. The molecule has 7 rings (SSSR count). The van der Waals surface area contributed by atoms with Crippen molar-refractivity contribution in [3.63, 3.8) is 0 Å². The average molecular weight is 626 g/mol. The van der Waals surface area contributed by atoms with Gasteiger partial charge < -0.3 is 14.5 Å². The maximum absolute atomic E-state index is 7.33. The fraction of sp³-hybridized carbons (Fsp3) is 0.474. The normalized spacial score (nSPS) is 25.4. The molecule has 3 fully saturated rings. The molecule has 3 saturated heterocycles. The Labute approximate surface area is 270 Å². The van der Waals surface area contributed by atoms with E-state index in [1.54, 1.807) is 10.6 Å². The van der Waals surface area contributed by atoms with Crippen molar-refractivity contribution < 1.29 is 4.74 Å². The Bertz CT molecular complexity index is 1370. The summed E-state index contributed by atoms with van der Waals surface area (Å²) in [5.41, 5.74) is 8.67. The third-order valence-electron chi connectivity index (χ3n) is 10.2. The minimum absolute atomic E-state index is 0.788. The smallest absolute Gasteiger partial charge is 0.0674 e. The Hall–Kier alpha value is -2.43. The Morgan fingerprint density at radius 2 is 0.977 bits per heavy atom. The Morgan fingerprint density at radius 1 is 0.545 bits per heavy atom. The zero-order chi connectivity index (χ0) is 29.8. The van der Waals surface area contributed by atoms with Crippen LogP contribution in [-0.2, 0) is 16.5 Å². The van der Waals surface area contributed by atoms with Crippen LogP contribution in [0.3, 0.4) is 0 Å². The van der Waals surface area contributed by atoms with Gasteiger partial charge in [-0.05, 0) is 98.6 Å². The van der Waals surface area contributed by atoms with E-state index in [0.29, 0.717) is 0 Å². The third kappa shape index (κ3) is 6.18. The molecule has 2 aromatic carbocycles. The summed E-state index contributed by atoms with van der Waals surface area (Å²) in [6.07, 6.45) is 14.9. The van der Waals surface area contributed by atoms with Crippen molar-refractivity contribution in [1.82, 2.24) is 14.5 Å². The summed E-state index contributed by atoms with van der Waals surface area (Å²) in [6.45, 7) is 8.08. The minimum Gasteiger partial charge on any atom is -0.379 e. The lowest BCUT2D eigenvalue weighted by Crippen LogP contribution is -2.36. The van der Waals surface area contributed by atoms with Crippen LogP contribution in [-0.4, -0.2) is 67.0 Å². The summed E-state index contributed by atoms with van der Waals surface area (Å²) in [5, 5.41) is 3.20. The van der Waals surface area contributed by atoms with Crippen LogP contribution >= 0.6 is 6.19 Å².